The van der Waals surface area contributed by atoms with Gasteiger partial charge in [0.1, 0.15) is 122 Å². The minimum Gasteiger partial charge on any atom is -0.394 e. The summed E-state index contributed by atoms with van der Waals surface area (Å²) in [6, 6.07) is -4.83. The molecule has 3 amide bonds. The third-order valence-corrected chi connectivity index (χ3v) is 11.5. The molecule has 65 heavy (non-hydrogen) atoms. The van der Waals surface area contributed by atoms with Crippen LogP contribution >= 0.6 is 0 Å². The van der Waals surface area contributed by atoms with Crippen molar-refractivity contribution in [1.82, 2.24) is 16.0 Å². The number of amides is 3. The van der Waals surface area contributed by atoms with Crippen LogP contribution in [0.1, 0.15) is 20.8 Å². The maximum atomic E-state index is 12.4. The molecule has 29 nitrogen and oxygen atoms in total. The summed E-state index contributed by atoms with van der Waals surface area (Å²) in [5, 5.41) is 155. The second-order valence-corrected chi connectivity index (χ2v) is 16.2. The normalized spacial score (nSPS) is 47.1. The third kappa shape index (κ3) is 12.2. The van der Waals surface area contributed by atoms with Crippen molar-refractivity contribution in [1.29, 1.82) is 0 Å². The van der Waals surface area contributed by atoms with E-state index in [1.807, 2.05) is 0 Å². The Hall–Kier alpha value is -2.51. The number of nitrogens with one attached hydrogen (secondary N) is 3. The SMILES string of the molecule is CC(=O)N[C@H]1[C@H](OC[C@H]2O[C@H](OC[C@H]3OC(O)[C@@H](O)[C@@H](O)[C@@H]3O)[C@@H](O[C@@H]3O[C@H](CO)[C@@H](O)[C@H](O)[C@H]3NC(C)=O)[C@@H](O)[C@@H]2O[C@@H]2O[C@H](CO)[C@@H](O)[C@H](O)[C@H]2NC(C)=O)O[C@H](CO)[C@@H](O)[C@@H]1O. The second-order valence-electron chi connectivity index (χ2n) is 16.2. The van der Waals surface area contributed by atoms with E-state index in [0.29, 0.717) is 0 Å². The molecule has 0 bridgehead atoms. The predicted molar refractivity (Wildman–Crippen MR) is 201 cm³/mol. The molecule has 29 heteroatoms. The molecule has 0 radical (unpaired) electrons. The summed E-state index contributed by atoms with van der Waals surface area (Å²) >= 11 is 0. The van der Waals surface area contributed by atoms with Crippen LogP contribution in [0.5, 0.6) is 0 Å². The van der Waals surface area contributed by atoms with Gasteiger partial charge in [-0.15, -0.1) is 0 Å². The number of aliphatic hydroxyl groups is 14. The van der Waals surface area contributed by atoms with Crippen molar-refractivity contribution < 1.29 is 129 Å². The van der Waals surface area contributed by atoms with Gasteiger partial charge in [-0.3, -0.25) is 14.4 Å². The van der Waals surface area contributed by atoms with E-state index in [9.17, 15) is 85.9 Å². The molecular formula is C36H61N3O26. The highest BCUT2D eigenvalue weighted by atomic mass is 16.8. The lowest BCUT2D eigenvalue weighted by Gasteiger charge is -2.50. The topological polar surface area (TPSA) is 454 Å². The van der Waals surface area contributed by atoms with E-state index in [1.165, 1.54) is 0 Å². The first kappa shape index (κ1) is 53.4. The molecule has 5 saturated heterocycles. The van der Waals surface area contributed by atoms with Gasteiger partial charge in [0, 0.05) is 20.8 Å². The van der Waals surface area contributed by atoms with Crippen LogP contribution in [0.4, 0.5) is 0 Å². The Balaban J connectivity index is 1.56. The van der Waals surface area contributed by atoms with Crippen LogP contribution in [-0.2, 0) is 57.0 Å². The van der Waals surface area contributed by atoms with E-state index < -0.39 is 204 Å². The summed E-state index contributed by atoms with van der Waals surface area (Å²) < 4.78 is 52.6. The van der Waals surface area contributed by atoms with Crippen LogP contribution in [0.15, 0.2) is 0 Å². The first-order valence-electron chi connectivity index (χ1n) is 20.6. The molecule has 0 aromatic heterocycles. The zero-order valence-electron chi connectivity index (χ0n) is 35.1. The number of ether oxygens (including phenoxy) is 9. The van der Waals surface area contributed by atoms with E-state index in [2.05, 4.69) is 16.0 Å². The van der Waals surface area contributed by atoms with Crippen molar-refractivity contribution in [3.8, 4) is 0 Å². The maximum Gasteiger partial charge on any atom is 0.217 e. The van der Waals surface area contributed by atoms with Gasteiger partial charge < -0.3 is 130 Å². The number of carbonyl (C=O) groups is 3. The monoisotopic (exact) mass is 951 g/mol. The molecular weight excluding hydrogens is 890 g/mol. The highest BCUT2D eigenvalue weighted by Gasteiger charge is 2.56. The highest BCUT2D eigenvalue weighted by molar-refractivity contribution is 5.74. The van der Waals surface area contributed by atoms with Crippen molar-refractivity contribution in [2.45, 2.75) is 174 Å². The van der Waals surface area contributed by atoms with Crippen LogP contribution in [0.3, 0.4) is 0 Å². The average molecular weight is 952 g/mol. The predicted octanol–water partition coefficient (Wildman–Crippen LogP) is -11.5. The second kappa shape index (κ2) is 23.2. The van der Waals surface area contributed by atoms with E-state index in [0.717, 1.165) is 20.8 Å². The molecule has 376 valence electrons. The minimum atomic E-state index is -2.19. The van der Waals surface area contributed by atoms with Crippen molar-refractivity contribution >= 4 is 17.7 Å². The maximum absolute atomic E-state index is 12.4. The first-order chi connectivity index (χ1) is 30.6. The Bertz CT molecular complexity index is 1560. The summed E-state index contributed by atoms with van der Waals surface area (Å²) in [4.78, 5) is 36.7. The molecule has 5 aliphatic rings. The smallest absolute Gasteiger partial charge is 0.217 e. The summed E-state index contributed by atoms with van der Waals surface area (Å²) in [6.45, 7) is -1.22. The van der Waals surface area contributed by atoms with Crippen molar-refractivity contribution in [2.75, 3.05) is 33.0 Å². The zero-order chi connectivity index (χ0) is 48.2. The van der Waals surface area contributed by atoms with Gasteiger partial charge in [0.15, 0.2) is 31.5 Å². The van der Waals surface area contributed by atoms with Gasteiger partial charge in [-0.1, -0.05) is 0 Å². The summed E-state index contributed by atoms with van der Waals surface area (Å²) in [5.41, 5.74) is 0. The molecule has 1 unspecified atom stereocenters. The Morgan fingerprint density at radius 3 is 1.18 bits per heavy atom. The number of hydrogen-bond acceptors (Lipinski definition) is 26. The lowest BCUT2D eigenvalue weighted by atomic mass is 9.94. The molecule has 5 aliphatic heterocycles. The lowest BCUT2D eigenvalue weighted by Crippen LogP contribution is -2.70. The van der Waals surface area contributed by atoms with Gasteiger partial charge in [0.25, 0.3) is 0 Å². The Morgan fingerprint density at radius 1 is 0.400 bits per heavy atom. The van der Waals surface area contributed by atoms with Gasteiger partial charge in [0.2, 0.25) is 17.7 Å². The van der Waals surface area contributed by atoms with Crippen LogP contribution in [0.25, 0.3) is 0 Å². The molecule has 0 saturated carbocycles. The van der Waals surface area contributed by atoms with Crippen molar-refractivity contribution in [3.05, 3.63) is 0 Å². The summed E-state index contributed by atoms with van der Waals surface area (Å²) in [6.07, 6.45) is -40.5. The first-order valence-corrected chi connectivity index (χ1v) is 20.6. The van der Waals surface area contributed by atoms with Gasteiger partial charge in [-0.2, -0.15) is 0 Å². The molecule has 5 heterocycles. The van der Waals surface area contributed by atoms with Crippen LogP contribution in [-0.4, -0.2) is 276 Å². The molecule has 0 aliphatic carbocycles. The van der Waals surface area contributed by atoms with Crippen molar-refractivity contribution in [3.63, 3.8) is 0 Å². The van der Waals surface area contributed by atoms with Crippen LogP contribution < -0.4 is 16.0 Å². The Labute approximate surface area is 369 Å². The fourth-order valence-corrected chi connectivity index (χ4v) is 8.02. The van der Waals surface area contributed by atoms with Gasteiger partial charge in [-0.25, -0.2) is 0 Å². The molecule has 17 N–H and O–H groups in total. The van der Waals surface area contributed by atoms with Crippen LogP contribution in [0, 0.1) is 0 Å². The number of carbonyl (C=O) groups excluding carboxylic acids is 3. The fraction of sp³-hybridized carbons (Fsp3) is 0.917. The molecule has 0 aromatic carbocycles. The molecule has 0 spiro atoms. The molecule has 25 atom stereocenters. The molecule has 5 rings (SSSR count). The largest absolute Gasteiger partial charge is 0.394 e. The molecule has 0 aromatic rings. The number of hydrogen-bond donors (Lipinski definition) is 17. The minimum absolute atomic E-state index is 0.726. The van der Waals surface area contributed by atoms with Crippen LogP contribution in [0.2, 0.25) is 0 Å². The Kier molecular flexibility index (Phi) is 19.1. The zero-order valence-corrected chi connectivity index (χ0v) is 35.1. The average Bonchev–Trinajstić information content (AvgIpc) is 3.25. The molecule has 5 fully saturated rings. The van der Waals surface area contributed by atoms with E-state index in [4.69, 9.17) is 42.6 Å². The van der Waals surface area contributed by atoms with E-state index >= 15 is 0 Å². The standard InChI is InChI=1S/C36H61N3O26/c1-9(43)37-17-24(50)20(46)12(4-40)60-33(17)57-8-16-30(64-34-18(38-10(2)44)25(51)21(47)13(5-41)61-34)29(55)31(36(63-16)58-7-15-23(49)27(53)28(54)32(56)59-15)65-35-19(39-11(3)45)26(52)22(48)14(6-42)62-35/h12-36,40-42,46-56H,4-8H2,1-3H3,(H,37,43)(H,38,44)(H,39,45)/t12-,13-,14-,15-,16-,17-,18-,19-,20-,21-,22-,23-,24-,25-,26-,27+,28+,29+,30-,31+,32?,33-,34+,35+,36+/m1/s1. The van der Waals surface area contributed by atoms with Gasteiger partial charge in [0.05, 0.1) is 33.0 Å². The third-order valence-electron chi connectivity index (χ3n) is 11.5. The fourth-order valence-electron chi connectivity index (χ4n) is 8.02. The van der Waals surface area contributed by atoms with Gasteiger partial charge >= 0.3 is 0 Å². The quantitative estimate of drug-likeness (QED) is 0.0683. The number of rotatable bonds is 16. The number of aliphatic hydroxyl groups excluding tert-OH is 14. The van der Waals surface area contributed by atoms with Crippen molar-refractivity contribution in [2.24, 2.45) is 0 Å². The van der Waals surface area contributed by atoms with Gasteiger partial charge in [-0.05, 0) is 0 Å². The lowest BCUT2D eigenvalue weighted by molar-refractivity contribution is -0.383. The highest BCUT2D eigenvalue weighted by Crippen LogP contribution is 2.35. The Morgan fingerprint density at radius 2 is 0.754 bits per heavy atom. The van der Waals surface area contributed by atoms with E-state index in [1.54, 1.807) is 0 Å². The summed E-state index contributed by atoms with van der Waals surface area (Å²) in [5.74, 6) is -2.28. The van der Waals surface area contributed by atoms with E-state index in [-0.39, 0.29) is 0 Å². The summed E-state index contributed by atoms with van der Waals surface area (Å²) in [7, 11) is 0.